The lowest BCUT2D eigenvalue weighted by atomic mass is 10.1. The number of nitrogens with zero attached hydrogens (tertiary/aromatic N) is 4. The molecule has 0 atom stereocenters. The van der Waals surface area contributed by atoms with Gasteiger partial charge in [-0.1, -0.05) is 0 Å². The number of ether oxygens (including phenoxy) is 4. The number of rotatable bonds is 0. The Kier molecular flexibility index (Phi) is 9.61. The zero-order valence-corrected chi connectivity index (χ0v) is 19.7. The summed E-state index contributed by atoms with van der Waals surface area (Å²) in [4.78, 5) is 17.6. The smallest absolute Gasteiger partial charge is 0.282 e. The van der Waals surface area contributed by atoms with Crippen LogP contribution < -0.4 is 0 Å². The predicted octanol–water partition coefficient (Wildman–Crippen LogP) is 1.37. The molecule has 0 aromatic heterocycles. The fraction of sp³-hybridized carbons (Fsp3) is 0.625. The molecule has 5 aliphatic heterocycles. The standard InChI is InChI=1S/C24H34N4O6/c29-27-21-3-1-5-23(27)24-6-2-4-22(28(24)30)20-26-9-13-33-17-15-31-11-7-25(19-21)8-12-32-16-18-34-14-10-26/h1-3,5H,6-20H2. The highest BCUT2D eigenvalue weighted by Gasteiger charge is 2.31. The molecule has 5 heterocycles. The van der Waals surface area contributed by atoms with E-state index in [0.717, 1.165) is 9.82 Å². The van der Waals surface area contributed by atoms with Crippen molar-refractivity contribution in [2.75, 3.05) is 92.1 Å². The maximum atomic E-state index is 13.3. The molecule has 0 N–H and O–H groups in total. The van der Waals surface area contributed by atoms with Crippen molar-refractivity contribution in [2.24, 2.45) is 0 Å². The normalized spacial score (nSPS) is 28.4. The first-order valence-electron chi connectivity index (χ1n) is 12.0. The van der Waals surface area contributed by atoms with Gasteiger partial charge in [-0.05, 0) is 12.2 Å². The highest BCUT2D eigenvalue weighted by atomic mass is 16.5. The van der Waals surface area contributed by atoms with E-state index in [-0.39, 0.29) is 0 Å². The highest BCUT2D eigenvalue weighted by molar-refractivity contribution is 5.33. The Labute approximate surface area is 200 Å². The minimum atomic E-state index is 0.357. The summed E-state index contributed by atoms with van der Waals surface area (Å²) < 4.78 is 23.9. The van der Waals surface area contributed by atoms with Crippen LogP contribution in [0.4, 0.5) is 0 Å². The van der Waals surface area contributed by atoms with Crippen molar-refractivity contribution in [1.82, 2.24) is 14.9 Å². The molecule has 186 valence electrons. The molecular formula is C24H34N4O6. The highest BCUT2D eigenvalue weighted by Crippen LogP contribution is 2.27. The van der Waals surface area contributed by atoms with Gasteiger partial charge in [0.2, 0.25) is 0 Å². The Morgan fingerprint density at radius 1 is 0.824 bits per heavy atom. The molecule has 1 saturated heterocycles. The molecule has 34 heavy (non-hydrogen) atoms. The zero-order chi connectivity index (χ0) is 23.6. The molecule has 0 aliphatic carbocycles. The van der Waals surface area contributed by atoms with Gasteiger partial charge < -0.3 is 29.2 Å². The molecule has 10 nitrogen and oxygen atoms in total. The minimum Gasteiger partial charge on any atom is -0.754 e. The minimum absolute atomic E-state index is 0.357. The second kappa shape index (κ2) is 13.1. The van der Waals surface area contributed by atoms with Crippen molar-refractivity contribution in [1.29, 1.82) is 0 Å². The molecule has 10 heteroatoms. The average molecular weight is 475 g/mol. The van der Waals surface area contributed by atoms with Crippen LogP contribution in [0.3, 0.4) is 0 Å². The first-order chi connectivity index (χ1) is 16.7. The molecule has 0 aromatic rings. The summed E-state index contributed by atoms with van der Waals surface area (Å²) in [6.07, 6.45) is 7.53. The van der Waals surface area contributed by atoms with E-state index in [4.69, 9.17) is 18.9 Å². The van der Waals surface area contributed by atoms with Gasteiger partial charge in [0, 0.05) is 56.2 Å². The number of fused-ring (bicyclic) bond motifs is 14. The molecule has 6 bridgehead atoms. The monoisotopic (exact) mass is 474 g/mol. The largest absolute Gasteiger partial charge is 0.754 e. The van der Waals surface area contributed by atoms with Gasteiger partial charge in [0.25, 0.3) is 11.4 Å². The quantitative estimate of drug-likeness (QED) is 0.381. The summed E-state index contributed by atoms with van der Waals surface area (Å²) in [5.74, 6) is 0. The van der Waals surface area contributed by atoms with Gasteiger partial charge in [0.05, 0.1) is 75.6 Å². The molecule has 0 radical (unpaired) electrons. The summed E-state index contributed by atoms with van der Waals surface area (Å²) in [6, 6.07) is 0. The SMILES string of the molecule is O=[N+]1C2=CC=CC1=C1CC=C=C(CN3CCOCCOCCN(CCOCCOCC3)C2)N1[O-]. The van der Waals surface area contributed by atoms with Gasteiger partial charge in [-0.3, -0.25) is 9.80 Å². The molecule has 5 rings (SSSR count). The summed E-state index contributed by atoms with van der Waals surface area (Å²) in [6.45, 7) is 7.51. The van der Waals surface area contributed by atoms with Gasteiger partial charge in [-0.25, -0.2) is 0 Å². The van der Waals surface area contributed by atoms with E-state index in [2.05, 4.69) is 15.5 Å². The topological polar surface area (TPSA) is 89.8 Å². The van der Waals surface area contributed by atoms with Crippen LogP contribution in [0.25, 0.3) is 0 Å². The fourth-order valence-corrected chi connectivity index (χ4v) is 4.16. The second-order valence-electron chi connectivity index (χ2n) is 8.44. The van der Waals surface area contributed by atoms with Crippen molar-refractivity contribution in [3.05, 3.63) is 62.9 Å². The van der Waals surface area contributed by atoms with Crippen molar-refractivity contribution in [2.45, 2.75) is 6.42 Å². The Bertz CT molecular complexity index is 857. The first-order valence-corrected chi connectivity index (χ1v) is 12.0. The van der Waals surface area contributed by atoms with Crippen LogP contribution in [-0.2, 0) is 18.9 Å². The second-order valence-corrected chi connectivity index (χ2v) is 8.44. The first kappa shape index (κ1) is 25.0. The maximum absolute atomic E-state index is 13.3. The molecule has 0 aromatic carbocycles. The van der Waals surface area contributed by atoms with E-state index in [1.807, 2.05) is 12.2 Å². The van der Waals surface area contributed by atoms with Crippen LogP contribution in [0.5, 0.6) is 0 Å². The molecular weight excluding hydrogens is 440 g/mol. The van der Waals surface area contributed by atoms with Gasteiger partial charge >= 0.3 is 0 Å². The maximum Gasteiger partial charge on any atom is 0.282 e. The summed E-state index contributed by atoms with van der Waals surface area (Å²) in [5.41, 5.74) is 4.96. The van der Waals surface area contributed by atoms with Crippen molar-refractivity contribution in [3.63, 3.8) is 0 Å². The van der Waals surface area contributed by atoms with Gasteiger partial charge in [0.15, 0.2) is 0 Å². The Morgan fingerprint density at radius 2 is 1.38 bits per heavy atom. The van der Waals surface area contributed by atoms with Crippen molar-refractivity contribution >= 4 is 0 Å². The van der Waals surface area contributed by atoms with Crippen LogP contribution in [0, 0.1) is 10.1 Å². The zero-order valence-electron chi connectivity index (χ0n) is 19.7. The number of hydrogen-bond acceptors (Lipinski definition) is 9. The summed E-state index contributed by atoms with van der Waals surface area (Å²) >= 11 is 0. The van der Waals surface area contributed by atoms with Crippen molar-refractivity contribution in [3.8, 4) is 0 Å². The van der Waals surface area contributed by atoms with Gasteiger partial charge in [0.1, 0.15) is 0 Å². The molecule has 5 aliphatic rings. The Hall–Kier alpha value is -2.14. The molecule has 1 fully saturated rings. The van der Waals surface area contributed by atoms with E-state index in [9.17, 15) is 10.1 Å². The Balaban J connectivity index is 1.64. The summed E-state index contributed by atoms with van der Waals surface area (Å²) in [5, 5.41) is 14.2. The third-order valence-corrected chi connectivity index (χ3v) is 6.08. The number of nitroso groups, excluding NO2 is 1. The third-order valence-electron chi connectivity index (χ3n) is 6.08. The molecule has 0 amide bonds. The Morgan fingerprint density at radius 3 is 1.97 bits per heavy atom. The van der Waals surface area contributed by atoms with Crippen LogP contribution >= 0.6 is 0 Å². The number of hydroxylamine groups is 2. The van der Waals surface area contributed by atoms with Crippen LogP contribution in [-0.4, -0.2) is 112 Å². The molecule has 0 saturated carbocycles. The summed E-state index contributed by atoms with van der Waals surface area (Å²) in [7, 11) is 0. The number of allylic oxidation sites excluding steroid dienone is 4. The van der Waals surface area contributed by atoms with Crippen LogP contribution in [0.1, 0.15) is 6.42 Å². The average Bonchev–Trinajstić information content (AvgIpc) is 2.83. The molecule has 0 unspecified atom stereocenters. The van der Waals surface area contributed by atoms with E-state index in [1.54, 1.807) is 12.2 Å². The fourth-order valence-electron chi connectivity index (χ4n) is 4.16. The van der Waals surface area contributed by atoms with Crippen molar-refractivity contribution < 1.29 is 23.7 Å². The van der Waals surface area contributed by atoms with Crippen LogP contribution in [0.2, 0.25) is 0 Å². The van der Waals surface area contributed by atoms with Crippen LogP contribution in [0.15, 0.2) is 52.8 Å². The third kappa shape index (κ3) is 6.94. The van der Waals surface area contributed by atoms with E-state index < -0.39 is 0 Å². The lowest BCUT2D eigenvalue weighted by molar-refractivity contribution is -0.446. The predicted molar refractivity (Wildman–Crippen MR) is 125 cm³/mol. The molecule has 0 spiro atoms. The van der Waals surface area contributed by atoms with Gasteiger partial charge in [-0.2, -0.15) is 0 Å². The number of hydrogen-bond donors (Lipinski definition) is 0. The van der Waals surface area contributed by atoms with E-state index in [1.165, 1.54) is 0 Å². The van der Waals surface area contributed by atoms with E-state index in [0.29, 0.717) is 121 Å². The lowest BCUT2D eigenvalue weighted by Crippen LogP contribution is -2.38. The van der Waals surface area contributed by atoms with E-state index >= 15 is 0 Å². The lowest BCUT2D eigenvalue weighted by Gasteiger charge is -2.37. The van der Waals surface area contributed by atoms with Gasteiger partial charge in [-0.15, -0.1) is 5.73 Å².